The Hall–Kier alpha value is -1.32. The summed E-state index contributed by atoms with van der Waals surface area (Å²) < 4.78 is 11.4. The molecule has 0 aromatic heterocycles. The molecule has 0 bridgehead atoms. The van der Waals surface area contributed by atoms with Crippen LogP contribution < -0.4 is 4.74 Å². The number of hydrogen-bond acceptors (Lipinski definition) is 3. The van der Waals surface area contributed by atoms with Crippen molar-refractivity contribution in [2.75, 3.05) is 19.8 Å². The number of aliphatic hydroxyl groups excluding tert-OH is 1. The second-order valence-electron chi connectivity index (χ2n) is 7.28. The number of benzene rings is 1. The van der Waals surface area contributed by atoms with Gasteiger partial charge in [-0.2, -0.15) is 0 Å². The maximum atomic E-state index is 9.14. The van der Waals surface area contributed by atoms with Gasteiger partial charge in [-0.05, 0) is 42.0 Å². The minimum Gasteiger partial charge on any atom is -0.491 e. The maximum Gasteiger partial charge on any atom is 0.122 e. The molecule has 1 atom stereocenters. The van der Waals surface area contributed by atoms with Crippen LogP contribution in [0.2, 0.25) is 0 Å². The summed E-state index contributed by atoms with van der Waals surface area (Å²) in [6, 6.07) is 4.22. The van der Waals surface area contributed by atoms with E-state index in [9.17, 15) is 0 Å². The van der Waals surface area contributed by atoms with Crippen molar-refractivity contribution in [1.82, 2.24) is 0 Å². The minimum atomic E-state index is 0.0480. The molecule has 3 heteroatoms. The van der Waals surface area contributed by atoms with Gasteiger partial charge < -0.3 is 14.6 Å². The van der Waals surface area contributed by atoms with Crippen LogP contribution in [0.5, 0.6) is 5.75 Å². The van der Waals surface area contributed by atoms with Crippen molar-refractivity contribution in [3.05, 3.63) is 41.5 Å². The molecule has 0 aliphatic carbocycles. The molecule has 1 heterocycles. The Kier molecular flexibility index (Phi) is 9.80. The van der Waals surface area contributed by atoms with E-state index < -0.39 is 0 Å². The third-order valence-corrected chi connectivity index (χ3v) is 5.06. The zero-order valence-corrected chi connectivity index (χ0v) is 16.5. The normalized spacial score (nSPS) is 15.8. The van der Waals surface area contributed by atoms with E-state index >= 15 is 0 Å². The lowest BCUT2D eigenvalue weighted by molar-refractivity contribution is 0.200. The minimum absolute atomic E-state index is 0.0480. The van der Waals surface area contributed by atoms with Crippen molar-refractivity contribution in [3.63, 3.8) is 0 Å². The molecule has 1 unspecified atom stereocenters. The third-order valence-electron chi connectivity index (χ3n) is 5.06. The van der Waals surface area contributed by atoms with Gasteiger partial charge >= 0.3 is 0 Å². The monoisotopic (exact) mass is 360 g/mol. The van der Waals surface area contributed by atoms with Crippen LogP contribution in [-0.4, -0.2) is 31.0 Å². The number of allylic oxidation sites excluding steroid dienone is 1. The first-order chi connectivity index (χ1) is 12.8. The van der Waals surface area contributed by atoms with E-state index in [-0.39, 0.29) is 6.61 Å². The van der Waals surface area contributed by atoms with Crippen LogP contribution in [0.1, 0.15) is 68.6 Å². The predicted molar refractivity (Wildman–Crippen MR) is 108 cm³/mol. The van der Waals surface area contributed by atoms with Crippen LogP contribution in [0, 0.1) is 0 Å². The molecule has 1 N–H and O–H groups in total. The summed E-state index contributed by atoms with van der Waals surface area (Å²) in [7, 11) is 0. The van der Waals surface area contributed by atoms with Crippen LogP contribution in [-0.2, 0) is 24.0 Å². The molecule has 26 heavy (non-hydrogen) atoms. The number of aliphatic hydroxyl groups is 1. The molecule has 1 fully saturated rings. The van der Waals surface area contributed by atoms with E-state index in [4.69, 9.17) is 14.6 Å². The summed E-state index contributed by atoms with van der Waals surface area (Å²) in [5.41, 5.74) is 4.04. The largest absolute Gasteiger partial charge is 0.491 e. The van der Waals surface area contributed by atoms with E-state index in [1.165, 1.54) is 61.6 Å². The maximum absolute atomic E-state index is 9.14. The Balaban J connectivity index is 2.04. The number of epoxide rings is 1. The van der Waals surface area contributed by atoms with Gasteiger partial charge in [0.05, 0.1) is 19.3 Å². The smallest absolute Gasteiger partial charge is 0.122 e. The number of ether oxygens (including phenoxy) is 2. The summed E-state index contributed by atoms with van der Waals surface area (Å²) in [5, 5.41) is 9.14. The molecule has 1 saturated heterocycles. The van der Waals surface area contributed by atoms with Crippen molar-refractivity contribution >= 4 is 0 Å². The summed E-state index contributed by atoms with van der Waals surface area (Å²) in [6.07, 6.45) is 14.4. The van der Waals surface area contributed by atoms with E-state index in [0.29, 0.717) is 12.7 Å². The first kappa shape index (κ1) is 21.0. The van der Waals surface area contributed by atoms with E-state index in [1.54, 1.807) is 0 Å². The molecule has 0 spiro atoms. The molecule has 1 aliphatic rings. The van der Waals surface area contributed by atoms with Gasteiger partial charge in [-0.1, -0.05) is 57.6 Å². The van der Waals surface area contributed by atoms with Gasteiger partial charge in [-0.25, -0.2) is 0 Å². The van der Waals surface area contributed by atoms with Crippen molar-refractivity contribution in [2.45, 2.75) is 77.2 Å². The lowest BCUT2D eigenvalue weighted by Crippen LogP contribution is -2.09. The second kappa shape index (κ2) is 12.1. The highest BCUT2D eigenvalue weighted by atomic mass is 16.6. The second-order valence-corrected chi connectivity index (χ2v) is 7.28. The lowest BCUT2D eigenvalue weighted by Gasteiger charge is -2.18. The molecule has 0 radical (unpaired) electrons. The zero-order valence-electron chi connectivity index (χ0n) is 16.5. The Morgan fingerprint density at radius 3 is 2.54 bits per heavy atom. The van der Waals surface area contributed by atoms with Gasteiger partial charge in [-0.15, -0.1) is 6.58 Å². The molecule has 1 aliphatic heterocycles. The van der Waals surface area contributed by atoms with Crippen LogP contribution in [0.4, 0.5) is 0 Å². The number of rotatable bonds is 15. The number of unbranched alkanes of at least 4 members (excludes halogenated alkanes) is 6. The fourth-order valence-electron chi connectivity index (χ4n) is 3.56. The molecule has 0 saturated carbocycles. The van der Waals surface area contributed by atoms with E-state index in [1.807, 2.05) is 6.08 Å². The quantitative estimate of drug-likeness (QED) is 0.271. The average molecular weight is 361 g/mol. The van der Waals surface area contributed by atoms with Gasteiger partial charge in [0.15, 0.2) is 0 Å². The molecular formula is C23H36O3. The fourth-order valence-corrected chi connectivity index (χ4v) is 3.56. The molecule has 1 aromatic carbocycles. The SMILES string of the molecule is C=CCc1ccc(OCCO)c(CCCCCCCCC)c1CC1CO1. The van der Waals surface area contributed by atoms with Crippen LogP contribution >= 0.6 is 0 Å². The first-order valence-corrected chi connectivity index (χ1v) is 10.4. The molecule has 2 rings (SSSR count). The Bertz CT molecular complexity index is 534. The topological polar surface area (TPSA) is 42.0 Å². The van der Waals surface area contributed by atoms with E-state index in [0.717, 1.165) is 31.6 Å². The van der Waals surface area contributed by atoms with Crippen LogP contribution in [0.3, 0.4) is 0 Å². The lowest BCUT2D eigenvalue weighted by atomic mass is 9.91. The van der Waals surface area contributed by atoms with Gasteiger partial charge in [-0.3, -0.25) is 0 Å². The Morgan fingerprint density at radius 1 is 1.15 bits per heavy atom. The van der Waals surface area contributed by atoms with Gasteiger partial charge in [0.25, 0.3) is 0 Å². The first-order valence-electron chi connectivity index (χ1n) is 10.4. The molecule has 146 valence electrons. The molecular weight excluding hydrogens is 324 g/mol. The summed E-state index contributed by atoms with van der Waals surface area (Å²) in [5.74, 6) is 0.938. The predicted octanol–water partition coefficient (Wildman–Crippen LogP) is 5.02. The van der Waals surface area contributed by atoms with Crippen molar-refractivity contribution in [3.8, 4) is 5.75 Å². The molecule has 1 aromatic rings. The molecule has 3 nitrogen and oxygen atoms in total. The van der Waals surface area contributed by atoms with Gasteiger partial charge in [0, 0.05) is 6.42 Å². The summed E-state index contributed by atoms with van der Waals surface area (Å²) in [6.45, 7) is 7.43. The van der Waals surface area contributed by atoms with Crippen LogP contribution in [0.15, 0.2) is 24.8 Å². The standard InChI is InChI=1S/C23H36O3/c1-3-5-6-7-8-9-10-12-21-22(17-20-18-26-20)19(11-4-2)13-14-23(21)25-16-15-24/h4,13-14,20,24H,2-3,5-12,15-18H2,1H3. The Morgan fingerprint density at radius 2 is 1.88 bits per heavy atom. The number of hydrogen-bond donors (Lipinski definition) is 1. The van der Waals surface area contributed by atoms with Crippen molar-refractivity contribution < 1.29 is 14.6 Å². The van der Waals surface area contributed by atoms with Crippen molar-refractivity contribution in [1.29, 1.82) is 0 Å². The van der Waals surface area contributed by atoms with Gasteiger partial charge in [0.1, 0.15) is 12.4 Å². The molecule has 0 amide bonds. The highest BCUT2D eigenvalue weighted by Gasteiger charge is 2.26. The zero-order chi connectivity index (χ0) is 18.6. The average Bonchev–Trinajstić information content (AvgIpc) is 3.46. The summed E-state index contributed by atoms with van der Waals surface area (Å²) in [4.78, 5) is 0. The van der Waals surface area contributed by atoms with Crippen molar-refractivity contribution in [2.24, 2.45) is 0 Å². The van der Waals surface area contributed by atoms with E-state index in [2.05, 4.69) is 25.6 Å². The highest BCUT2D eigenvalue weighted by molar-refractivity contribution is 5.46. The third kappa shape index (κ3) is 7.13. The highest BCUT2D eigenvalue weighted by Crippen LogP contribution is 2.31. The summed E-state index contributed by atoms with van der Waals surface area (Å²) >= 11 is 0. The van der Waals surface area contributed by atoms with Crippen LogP contribution in [0.25, 0.3) is 0 Å². The van der Waals surface area contributed by atoms with Gasteiger partial charge in [0.2, 0.25) is 0 Å². The fraction of sp³-hybridized carbons (Fsp3) is 0.652. The Labute approximate surface area is 159 Å².